The van der Waals surface area contributed by atoms with Crippen molar-refractivity contribution in [1.82, 2.24) is 25.2 Å². The molecule has 10 nitrogen and oxygen atoms in total. The Kier molecular flexibility index (Phi) is 7.60. The molecule has 198 valence electrons. The standard InChI is InChI=1S/C24H28F3N7O3/c1-33(18-8-9-29-13-31-18)22(36)19-16(11-14-7-10-30-17(28)12-14)21(35)34(19)23(37)32-20(24(25,26)27)15-5-3-2-4-6-15/h7-10,12-13,15-16,19-20H,2-6,11H2,1H3,(H2,28,30)(H,32,37)/t16-,19+,20?/m1/s1. The van der Waals surface area contributed by atoms with Crippen molar-refractivity contribution in [3.63, 3.8) is 0 Å². The summed E-state index contributed by atoms with van der Waals surface area (Å²) in [6.07, 6.45) is 2.20. The maximum Gasteiger partial charge on any atom is 0.408 e. The third kappa shape index (κ3) is 5.65. The van der Waals surface area contributed by atoms with Crippen LogP contribution in [0.5, 0.6) is 0 Å². The van der Waals surface area contributed by atoms with Crippen LogP contribution in [-0.4, -0.2) is 63.0 Å². The molecule has 2 aromatic heterocycles. The van der Waals surface area contributed by atoms with Crippen molar-refractivity contribution in [1.29, 1.82) is 0 Å². The summed E-state index contributed by atoms with van der Waals surface area (Å²) in [5, 5.41) is 2.03. The molecule has 2 aliphatic rings. The number of urea groups is 1. The summed E-state index contributed by atoms with van der Waals surface area (Å²) < 4.78 is 41.8. The van der Waals surface area contributed by atoms with Crippen LogP contribution in [0.3, 0.4) is 0 Å². The fourth-order valence-corrected chi connectivity index (χ4v) is 5.06. The molecule has 13 heteroatoms. The molecule has 0 spiro atoms. The molecule has 1 aliphatic carbocycles. The average Bonchev–Trinajstić information content (AvgIpc) is 2.88. The van der Waals surface area contributed by atoms with E-state index < -0.39 is 47.9 Å². The van der Waals surface area contributed by atoms with Gasteiger partial charge >= 0.3 is 12.2 Å². The number of amides is 4. The van der Waals surface area contributed by atoms with Gasteiger partial charge in [0.25, 0.3) is 5.91 Å². The van der Waals surface area contributed by atoms with Gasteiger partial charge in [-0.3, -0.25) is 19.4 Å². The Hall–Kier alpha value is -3.77. The van der Waals surface area contributed by atoms with Gasteiger partial charge in [-0.1, -0.05) is 19.3 Å². The molecule has 0 radical (unpaired) electrons. The summed E-state index contributed by atoms with van der Waals surface area (Å²) in [5.74, 6) is -2.76. The number of anilines is 2. The molecule has 2 fully saturated rings. The molecule has 1 saturated carbocycles. The van der Waals surface area contributed by atoms with Crippen LogP contribution in [0.25, 0.3) is 0 Å². The zero-order valence-corrected chi connectivity index (χ0v) is 20.2. The first-order valence-corrected chi connectivity index (χ1v) is 12.0. The van der Waals surface area contributed by atoms with Gasteiger partial charge in [-0.25, -0.2) is 19.7 Å². The highest BCUT2D eigenvalue weighted by atomic mass is 19.4. The van der Waals surface area contributed by atoms with Crippen molar-refractivity contribution in [2.24, 2.45) is 11.8 Å². The number of nitrogen functional groups attached to an aromatic ring is 1. The molecule has 3 atom stereocenters. The van der Waals surface area contributed by atoms with Crippen LogP contribution in [0.1, 0.15) is 37.7 Å². The van der Waals surface area contributed by atoms with Crippen molar-refractivity contribution in [2.75, 3.05) is 17.7 Å². The second-order valence-corrected chi connectivity index (χ2v) is 9.38. The SMILES string of the molecule is CN(C(=O)[C@@H]1[C@@H](Cc2ccnc(N)c2)C(=O)N1C(=O)NC(C1CCCCC1)C(F)(F)F)c1ccncn1. The van der Waals surface area contributed by atoms with Crippen molar-refractivity contribution >= 4 is 29.5 Å². The van der Waals surface area contributed by atoms with Crippen LogP contribution >= 0.6 is 0 Å². The minimum atomic E-state index is -4.70. The molecule has 3 heterocycles. The molecular weight excluding hydrogens is 491 g/mol. The van der Waals surface area contributed by atoms with Gasteiger partial charge in [-0.2, -0.15) is 13.2 Å². The zero-order chi connectivity index (χ0) is 26.7. The molecule has 0 aromatic carbocycles. The van der Waals surface area contributed by atoms with Crippen LogP contribution in [0.2, 0.25) is 0 Å². The highest BCUT2D eigenvalue weighted by Gasteiger charge is 2.57. The van der Waals surface area contributed by atoms with E-state index in [0.29, 0.717) is 36.1 Å². The summed E-state index contributed by atoms with van der Waals surface area (Å²) >= 11 is 0. The fraction of sp³-hybridized carbons (Fsp3) is 0.500. The van der Waals surface area contributed by atoms with Crippen molar-refractivity contribution in [3.05, 3.63) is 42.5 Å². The maximum absolute atomic E-state index is 13.9. The third-order valence-corrected chi connectivity index (χ3v) is 6.98. The Bertz CT molecular complexity index is 1140. The van der Waals surface area contributed by atoms with Crippen molar-refractivity contribution in [2.45, 2.75) is 56.8 Å². The largest absolute Gasteiger partial charge is 0.408 e. The third-order valence-electron chi connectivity index (χ3n) is 6.98. The van der Waals surface area contributed by atoms with Gasteiger partial charge in [0, 0.05) is 19.4 Å². The van der Waals surface area contributed by atoms with E-state index in [1.807, 2.05) is 5.32 Å². The number of alkyl halides is 3. The van der Waals surface area contributed by atoms with E-state index in [1.165, 1.54) is 37.9 Å². The monoisotopic (exact) mass is 519 g/mol. The second kappa shape index (κ2) is 10.7. The first kappa shape index (κ1) is 26.3. The number of aromatic nitrogens is 3. The molecule has 37 heavy (non-hydrogen) atoms. The molecule has 1 saturated heterocycles. The van der Waals surface area contributed by atoms with Gasteiger partial charge < -0.3 is 11.1 Å². The Morgan fingerprint density at radius 1 is 1.19 bits per heavy atom. The number of rotatable bonds is 6. The molecule has 1 aliphatic heterocycles. The second-order valence-electron chi connectivity index (χ2n) is 9.38. The lowest BCUT2D eigenvalue weighted by atomic mass is 9.81. The van der Waals surface area contributed by atoms with Crippen molar-refractivity contribution in [3.8, 4) is 0 Å². The number of likely N-dealkylation sites (tertiary alicyclic amines) is 1. The van der Waals surface area contributed by atoms with Gasteiger partial charge in [0.05, 0.1) is 5.92 Å². The molecule has 1 unspecified atom stereocenters. The lowest BCUT2D eigenvalue weighted by Crippen LogP contribution is -2.71. The number of imide groups is 1. The minimum absolute atomic E-state index is 0.0503. The van der Waals surface area contributed by atoms with E-state index in [0.717, 1.165) is 11.3 Å². The first-order chi connectivity index (χ1) is 17.6. The predicted molar refractivity (Wildman–Crippen MR) is 127 cm³/mol. The quantitative estimate of drug-likeness (QED) is 0.561. The Morgan fingerprint density at radius 2 is 1.92 bits per heavy atom. The highest BCUT2D eigenvalue weighted by Crippen LogP contribution is 2.37. The number of hydrogen-bond acceptors (Lipinski definition) is 7. The van der Waals surface area contributed by atoms with Gasteiger partial charge in [0.2, 0.25) is 5.91 Å². The van der Waals surface area contributed by atoms with Crippen molar-refractivity contribution < 1.29 is 27.6 Å². The zero-order valence-electron chi connectivity index (χ0n) is 20.2. The molecule has 2 aromatic rings. The molecule has 4 rings (SSSR count). The van der Waals surface area contributed by atoms with Gasteiger partial charge in [0.15, 0.2) is 0 Å². The summed E-state index contributed by atoms with van der Waals surface area (Å²) in [7, 11) is 1.41. The van der Waals surface area contributed by atoms with Crippen LogP contribution in [0.15, 0.2) is 36.9 Å². The summed E-state index contributed by atoms with van der Waals surface area (Å²) in [5.41, 5.74) is 6.32. The highest BCUT2D eigenvalue weighted by molar-refractivity contribution is 6.12. The van der Waals surface area contributed by atoms with Crippen LogP contribution in [0.4, 0.5) is 29.6 Å². The van der Waals surface area contributed by atoms with E-state index in [2.05, 4.69) is 15.0 Å². The Morgan fingerprint density at radius 3 is 2.54 bits per heavy atom. The normalized spacial score (nSPS) is 21.2. The summed E-state index contributed by atoms with van der Waals surface area (Å²) in [6.45, 7) is 0. The Balaban J connectivity index is 1.60. The van der Waals surface area contributed by atoms with Crippen LogP contribution in [-0.2, 0) is 16.0 Å². The number of β-lactam (4-membered cyclic amide) rings is 1. The van der Waals surface area contributed by atoms with Crippen LogP contribution < -0.4 is 16.0 Å². The minimum Gasteiger partial charge on any atom is -0.384 e. The average molecular weight is 520 g/mol. The maximum atomic E-state index is 13.9. The number of halogens is 3. The summed E-state index contributed by atoms with van der Waals surface area (Å²) in [6, 6.07) is -0.0639. The fourth-order valence-electron chi connectivity index (χ4n) is 5.06. The van der Waals surface area contributed by atoms with Gasteiger partial charge in [-0.15, -0.1) is 0 Å². The number of carbonyl (C=O) groups is 3. The topological polar surface area (TPSA) is 134 Å². The number of pyridine rings is 1. The van der Waals surface area contributed by atoms with Gasteiger partial charge in [0.1, 0.15) is 30.0 Å². The Labute approximate surface area is 211 Å². The number of hydrogen-bond donors (Lipinski definition) is 2. The number of nitrogens with one attached hydrogen (secondary N) is 1. The first-order valence-electron chi connectivity index (χ1n) is 12.0. The summed E-state index contributed by atoms with van der Waals surface area (Å²) in [4.78, 5) is 53.2. The molecule has 0 bridgehead atoms. The van der Waals surface area contributed by atoms with E-state index >= 15 is 0 Å². The lowest BCUT2D eigenvalue weighted by molar-refractivity contribution is -0.170. The molecular formula is C24H28F3N7O3. The number of nitrogens with two attached hydrogens (primary N) is 1. The van der Waals surface area contributed by atoms with Gasteiger partial charge in [-0.05, 0) is 48.9 Å². The van der Waals surface area contributed by atoms with E-state index in [1.54, 1.807) is 6.07 Å². The van der Waals surface area contributed by atoms with E-state index in [-0.39, 0.29) is 18.1 Å². The molecule has 4 amide bonds. The lowest BCUT2D eigenvalue weighted by Gasteiger charge is -2.46. The number of carbonyl (C=O) groups excluding carboxylic acids is 3. The predicted octanol–water partition coefficient (Wildman–Crippen LogP) is 2.71. The van der Waals surface area contributed by atoms with E-state index in [4.69, 9.17) is 5.73 Å². The van der Waals surface area contributed by atoms with E-state index in [9.17, 15) is 27.6 Å². The number of likely N-dealkylation sites (N-methyl/N-ethyl adjacent to an activating group) is 1. The molecule has 3 N–H and O–H groups in total. The van der Waals surface area contributed by atoms with Crippen LogP contribution in [0, 0.1) is 11.8 Å². The number of nitrogens with zero attached hydrogens (tertiary/aromatic N) is 5. The smallest absolute Gasteiger partial charge is 0.384 e.